The van der Waals surface area contributed by atoms with Crippen LogP contribution in [0.2, 0.25) is 0 Å². The van der Waals surface area contributed by atoms with E-state index in [0.717, 1.165) is 49.4 Å². The number of unbranched alkanes of at least 4 members (excludes halogenated alkanes) is 5. The summed E-state index contributed by atoms with van der Waals surface area (Å²) in [6.07, 6.45) is 9.95. The highest BCUT2D eigenvalue weighted by Crippen LogP contribution is 2.17. The van der Waals surface area contributed by atoms with Gasteiger partial charge in [0.05, 0.1) is 12.1 Å². The van der Waals surface area contributed by atoms with Crippen molar-refractivity contribution < 1.29 is 13.9 Å². The van der Waals surface area contributed by atoms with Crippen LogP contribution in [0, 0.1) is 5.41 Å². The average Bonchev–Trinajstić information content (AvgIpc) is 2.77. The predicted octanol–water partition coefficient (Wildman–Crippen LogP) is 6.92. The normalized spacial score (nSPS) is 12.8. The highest BCUT2D eigenvalue weighted by atomic mass is 19.1. The lowest BCUT2D eigenvalue weighted by molar-refractivity contribution is -0.119. The first-order valence-corrected chi connectivity index (χ1v) is 11.6. The van der Waals surface area contributed by atoms with Crippen LogP contribution in [-0.4, -0.2) is 24.0 Å². The van der Waals surface area contributed by atoms with Gasteiger partial charge in [0, 0.05) is 18.0 Å². The molecule has 1 aromatic heterocycles. The molecule has 2 rings (SSSR count). The quantitative estimate of drug-likeness (QED) is 0.221. The van der Waals surface area contributed by atoms with Crippen LogP contribution in [0.3, 0.4) is 0 Å². The summed E-state index contributed by atoms with van der Waals surface area (Å²) in [5.74, 6) is -0.661. The van der Waals surface area contributed by atoms with Crippen molar-refractivity contribution >= 4 is 16.8 Å². The van der Waals surface area contributed by atoms with E-state index in [0.29, 0.717) is 24.6 Å². The van der Waals surface area contributed by atoms with Crippen molar-refractivity contribution in [2.24, 2.45) is 5.41 Å². The Morgan fingerprint density at radius 1 is 1.06 bits per heavy atom. The fourth-order valence-corrected chi connectivity index (χ4v) is 3.13. The molecule has 1 N–H and O–H groups in total. The Bertz CT molecular complexity index is 929. The van der Waals surface area contributed by atoms with Gasteiger partial charge in [0.25, 0.3) is 5.91 Å². The second-order valence-electron chi connectivity index (χ2n) is 9.39. The van der Waals surface area contributed by atoms with Crippen LogP contribution in [0.4, 0.5) is 4.39 Å². The summed E-state index contributed by atoms with van der Waals surface area (Å²) in [6.45, 7) is 8.74. The number of nitrogens with zero attached hydrogens (tertiary/aromatic N) is 1. The fraction of sp³-hybridized carbons (Fsp3) is 0.481. The van der Waals surface area contributed by atoms with Gasteiger partial charge in [0.2, 0.25) is 5.88 Å². The van der Waals surface area contributed by atoms with Gasteiger partial charge in [0.15, 0.2) is 5.83 Å². The number of carbonyl (C=O) groups excluding carboxylic acids is 1. The van der Waals surface area contributed by atoms with Crippen molar-refractivity contribution in [2.75, 3.05) is 13.2 Å². The fourth-order valence-electron chi connectivity index (χ4n) is 3.13. The molecule has 2 aromatic rings. The Balaban J connectivity index is 1.55. The van der Waals surface area contributed by atoms with Gasteiger partial charge >= 0.3 is 0 Å². The summed E-state index contributed by atoms with van der Waals surface area (Å²) in [5.41, 5.74) is 1.25. The molecule has 0 saturated heterocycles. The Hall–Kier alpha value is -2.69. The van der Waals surface area contributed by atoms with Gasteiger partial charge in [-0.3, -0.25) is 4.79 Å². The Morgan fingerprint density at radius 2 is 1.78 bits per heavy atom. The molecule has 1 heterocycles. The molecule has 0 radical (unpaired) electrons. The van der Waals surface area contributed by atoms with Gasteiger partial charge in [0.1, 0.15) is 0 Å². The van der Waals surface area contributed by atoms with Gasteiger partial charge in [-0.15, -0.1) is 0 Å². The first kappa shape index (κ1) is 25.6. The standard InChI is InChI=1S/C27H37FN2O2/c1-21(25(28)26(31)29-20-27(2,3)4)14-10-8-6-5-7-9-13-19-32-24-18-17-22-15-11-12-16-23(22)30-24/h10-12,14-18H,5-9,13,19-20H2,1-4H3,(H,29,31)/b14-10+,25-21-. The van der Waals surface area contributed by atoms with Gasteiger partial charge < -0.3 is 10.1 Å². The third-order valence-electron chi connectivity index (χ3n) is 5.03. The van der Waals surface area contributed by atoms with Gasteiger partial charge in [-0.2, -0.15) is 0 Å². The molecule has 1 amide bonds. The number of rotatable bonds is 12. The maximum absolute atomic E-state index is 14.1. The first-order valence-electron chi connectivity index (χ1n) is 11.6. The predicted molar refractivity (Wildman–Crippen MR) is 130 cm³/mol. The smallest absolute Gasteiger partial charge is 0.280 e. The number of fused-ring (bicyclic) bond motifs is 1. The number of benzene rings is 1. The van der Waals surface area contributed by atoms with E-state index in [4.69, 9.17) is 4.74 Å². The van der Waals surface area contributed by atoms with E-state index in [1.165, 1.54) is 0 Å². The largest absolute Gasteiger partial charge is 0.478 e. The first-order chi connectivity index (χ1) is 15.3. The molecular formula is C27H37FN2O2. The number of hydrogen-bond donors (Lipinski definition) is 1. The maximum atomic E-state index is 14.1. The number of ether oxygens (including phenoxy) is 1. The Labute approximate surface area is 192 Å². The van der Waals surface area contributed by atoms with E-state index in [2.05, 4.69) is 10.3 Å². The Kier molecular flexibility index (Phi) is 10.4. The number of amides is 1. The van der Waals surface area contributed by atoms with Crippen LogP contribution in [0.1, 0.15) is 66.2 Å². The highest BCUT2D eigenvalue weighted by molar-refractivity contribution is 5.92. The zero-order valence-electron chi connectivity index (χ0n) is 19.9. The molecule has 0 atom stereocenters. The Morgan fingerprint density at radius 3 is 2.56 bits per heavy atom. The van der Waals surface area contributed by atoms with E-state index >= 15 is 0 Å². The molecule has 174 valence electrons. The number of para-hydroxylation sites is 1. The lowest BCUT2D eigenvalue weighted by Gasteiger charge is -2.18. The van der Waals surface area contributed by atoms with Crippen molar-refractivity contribution in [3.63, 3.8) is 0 Å². The van der Waals surface area contributed by atoms with Gasteiger partial charge in [-0.25, -0.2) is 9.37 Å². The lowest BCUT2D eigenvalue weighted by atomic mass is 9.97. The molecule has 0 unspecified atom stereocenters. The van der Waals surface area contributed by atoms with E-state index in [-0.39, 0.29) is 5.41 Å². The van der Waals surface area contributed by atoms with Crippen LogP contribution in [0.25, 0.3) is 10.9 Å². The van der Waals surface area contributed by atoms with Crippen molar-refractivity contribution in [2.45, 2.75) is 66.2 Å². The zero-order chi connectivity index (χ0) is 23.4. The third kappa shape index (κ3) is 9.63. The minimum atomic E-state index is -0.702. The van der Waals surface area contributed by atoms with E-state index in [9.17, 15) is 9.18 Å². The second-order valence-corrected chi connectivity index (χ2v) is 9.39. The van der Waals surface area contributed by atoms with Crippen LogP contribution >= 0.6 is 0 Å². The zero-order valence-corrected chi connectivity index (χ0v) is 19.9. The van der Waals surface area contributed by atoms with E-state index in [1.807, 2.05) is 63.2 Å². The van der Waals surface area contributed by atoms with Crippen LogP contribution < -0.4 is 10.1 Å². The van der Waals surface area contributed by atoms with Gasteiger partial charge in [-0.05, 0) is 49.3 Å². The molecule has 5 heteroatoms. The molecule has 1 aromatic carbocycles. The molecule has 0 aliphatic heterocycles. The van der Waals surface area contributed by atoms with Crippen molar-refractivity contribution in [1.29, 1.82) is 0 Å². The van der Waals surface area contributed by atoms with Gasteiger partial charge in [-0.1, -0.05) is 70.4 Å². The number of aromatic nitrogens is 1. The maximum Gasteiger partial charge on any atom is 0.280 e. The molecule has 32 heavy (non-hydrogen) atoms. The minimum Gasteiger partial charge on any atom is -0.478 e. The molecule has 0 bridgehead atoms. The topological polar surface area (TPSA) is 51.2 Å². The molecule has 0 saturated carbocycles. The van der Waals surface area contributed by atoms with Crippen LogP contribution in [0.5, 0.6) is 5.88 Å². The SMILES string of the molecule is CC(/C=C/CCCCCCCOc1ccc2ccccc2n1)=C(/F)C(=O)NCC(C)(C)C. The monoisotopic (exact) mass is 440 g/mol. The van der Waals surface area contributed by atoms with E-state index < -0.39 is 11.7 Å². The summed E-state index contributed by atoms with van der Waals surface area (Å²) >= 11 is 0. The summed E-state index contributed by atoms with van der Waals surface area (Å²) < 4.78 is 19.9. The molecule has 4 nitrogen and oxygen atoms in total. The van der Waals surface area contributed by atoms with Crippen molar-refractivity contribution in [3.05, 3.63) is 60.0 Å². The summed E-state index contributed by atoms with van der Waals surface area (Å²) in [6, 6.07) is 12.0. The number of allylic oxidation sites excluding steroid dienone is 3. The van der Waals surface area contributed by atoms with Crippen LogP contribution in [0.15, 0.2) is 60.0 Å². The number of halogens is 1. The summed E-state index contributed by atoms with van der Waals surface area (Å²) in [5, 5.41) is 3.75. The number of carbonyl (C=O) groups is 1. The average molecular weight is 441 g/mol. The highest BCUT2D eigenvalue weighted by Gasteiger charge is 2.15. The molecular weight excluding hydrogens is 403 g/mol. The molecule has 0 fully saturated rings. The van der Waals surface area contributed by atoms with E-state index in [1.54, 1.807) is 13.0 Å². The van der Waals surface area contributed by atoms with Crippen molar-refractivity contribution in [3.8, 4) is 5.88 Å². The number of nitrogens with one attached hydrogen (secondary N) is 1. The van der Waals surface area contributed by atoms with Crippen LogP contribution in [-0.2, 0) is 4.79 Å². The summed E-state index contributed by atoms with van der Waals surface area (Å²) in [4.78, 5) is 16.4. The minimum absolute atomic E-state index is 0.0703. The third-order valence-corrected chi connectivity index (χ3v) is 5.03. The molecule has 0 aliphatic carbocycles. The summed E-state index contributed by atoms with van der Waals surface area (Å²) in [7, 11) is 0. The molecule has 0 aliphatic rings. The lowest BCUT2D eigenvalue weighted by Crippen LogP contribution is -2.32. The number of pyridine rings is 1. The molecule has 0 spiro atoms. The van der Waals surface area contributed by atoms with Crippen molar-refractivity contribution in [1.82, 2.24) is 10.3 Å². The number of hydrogen-bond acceptors (Lipinski definition) is 3. The second kappa shape index (κ2) is 13.0.